The molecule has 0 atom stereocenters. The van der Waals surface area contributed by atoms with Crippen molar-refractivity contribution in [1.82, 2.24) is 5.32 Å². The van der Waals surface area contributed by atoms with Crippen molar-refractivity contribution in [3.8, 4) is 5.75 Å². The van der Waals surface area contributed by atoms with Crippen molar-refractivity contribution < 1.29 is 18.7 Å². The molecular formula is C30H27FN2O3. The predicted molar refractivity (Wildman–Crippen MR) is 138 cm³/mol. The number of nitrogens with one attached hydrogen (secondary N) is 1. The predicted octanol–water partition coefficient (Wildman–Crippen LogP) is 5.30. The molecule has 0 spiro atoms. The Labute approximate surface area is 210 Å². The molecule has 0 bridgehead atoms. The van der Waals surface area contributed by atoms with E-state index in [0.717, 1.165) is 16.7 Å². The van der Waals surface area contributed by atoms with Gasteiger partial charge in [-0.1, -0.05) is 72.8 Å². The number of benzene rings is 4. The maximum absolute atomic E-state index is 13.2. The van der Waals surface area contributed by atoms with Crippen molar-refractivity contribution in [3.63, 3.8) is 0 Å². The molecule has 6 heteroatoms. The number of carbonyl (C=O) groups excluding carboxylic acids is 2. The van der Waals surface area contributed by atoms with Gasteiger partial charge in [0.25, 0.3) is 5.91 Å². The van der Waals surface area contributed by atoms with Crippen LogP contribution in [0.15, 0.2) is 109 Å². The fraction of sp³-hybridized carbons (Fsp3) is 0.133. The van der Waals surface area contributed by atoms with Crippen molar-refractivity contribution >= 4 is 17.5 Å². The zero-order valence-electron chi connectivity index (χ0n) is 19.8. The zero-order chi connectivity index (χ0) is 25.2. The third-order valence-corrected chi connectivity index (χ3v) is 5.58. The Morgan fingerprint density at radius 3 is 2.14 bits per heavy atom. The Morgan fingerprint density at radius 2 is 1.42 bits per heavy atom. The first kappa shape index (κ1) is 24.7. The Bertz CT molecular complexity index is 1280. The average molecular weight is 483 g/mol. The maximum Gasteiger partial charge on any atom is 0.265 e. The molecule has 0 aromatic heterocycles. The van der Waals surface area contributed by atoms with Crippen molar-refractivity contribution in [2.24, 2.45) is 0 Å². The largest absolute Gasteiger partial charge is 0.484 e. The number of nitrogens with zero attached hydrogens (tertiary/aromatic N) is 1. The standard InChI is InChI=1S/C30H27FN2O3/c31-26-16-14-23(15-17-26)20-32-29(34)19-25-10-7-11-27(18-25)33(21-24-8-3-1-4-9-24)30(35)22-36-28-12-5-2-6-13-28/h1-18H,19-22H2,(H,32,34). The molecule has 0 aliphatic carbocycles. The molecule has 182 valence electrons. The molecule has 0 heterocycles. The lowest BCUT2D eigenvalue weighted by Crippen LogP contribution is -2.34. The van der Waals surface area contributed by atoms with Gasteiger partial charge in [-0.05, 0) is 53.1 Å². The van der Waals surface area contributed by atoms with Gasteiger partial charge in [0.15, 0.2) is 6.61 Å². The Kier molecular flexibility index (Phi) is 8.44. The second-order valence-electron chi connectivity index (χ2n) is 8.32. The van der Waals surface area contributed by atoms with E-state index >= 15 is 0 Å². The second kappa shape index (κ2) is 12.3. The van der Waals surface area contributed by atoms with Gasteiger partial charge in [-0.3, -0.25) is 9.59 Å². The summed E-state index contributed by atoms with van der Waals surface area (Å²) >= 11 is 0. The van der Waals surface area contributed by atoms with Crippen molar-refractivity contribution in [2.45, 2.75) is 19.5 Å². The molecule has 5 nitrogen and oxygen atoms in total. The van der Waals surface area contributed by atoms with Crippen LogP contribution in [0.2, 0.25) is 0 Å². The van der Waals surface area contributed by atoms with E-state index < -0.39 is 0 Å². The quantitative estimate of drug-likeness (QED) is 0.334. The molecule has 0 fully saturated rings. The molecule has 1 N–H and O–H groups in total. The Morgan fingerprint density at radius 1 is 0.750 bits per heavy atom. The summed E-state index contributed by atoms with van der Waals surface area (Å²) in [6.45, 7) is 0.575. The van der Waals surface area contributed by atoms with Crippen LogP contribution in [0.5, 0.6) is 5.75 Å². The average Bonchev–Trinajstić information content (AvgIpc) is 2.91. The first-order valence-electron chi connectivity index (χ1n) is 11.7. The summed E-state index contributed by atoms with van der Waals surface area (Å²) < 4.78 is 18.8. The van der Waals surface area contributed by atoms with E-state index in [2.05, 4.69) is 5.32 Å². The van der Waals surface area contributed by atoms with Crippen LogP contribution in [-0.4, -0.2) is 18.4 Å². The summed E-state index contributed by atoms with van der Waals surface area (Å²) in [4.78, 5) is 27.4. The van der Waals surface area contributed by atoms with E-state index in [1.54, 1.807) is 29.2 Å². The van der Waals surface area contributed by atoms with Gasteiger partial charge < -0.3 is 15.0 Å². The Balaban J connectivity index is 1.45. The van der Waals surface area contributed by atoms with Crippen molar-refractivity contribution in [1.29, 1.82) is 0 Å². The monoisotopic (exact) mass is 482 g/mol. The molecule has 0 unspecified atom stereocenters. The summed E-state index contributed by atoms with van der Waals surface area (Å²) in [7, 11) is 0. The van der Waals surface area contributed by atoms with Gasteiger partial charge in [-0.2, -0.15) is 0 Å². The number of rotatable bonds is 10. The topological polar surface area (TPSA) is 58.6 Å². The number of para-hydroxylation sites is 1. The van der Waals surface area contributed by atoms with E-state index in [1.807, 2.05) is 72.8 Å². The van der Waals surface area contributed by atoms with Gasteiger partial charge >= 0.3 is 0 Å². The third-order valence-electron chi connectivity index (χ3n) is 5.58. The van der Waals surface area contributed by atoms with Crippen molar-refractivity contribution in [2.75, 3.05) is 11.5 Å². The minimum absolute atomic E-state index is 0.112. The molecule has 36 heavy (non-hydrogen) atoms. The van der Waals surface area contributed by atoms with Crippen LogP contribution < -0.4 is 15.0 Å². The molecular weight excluding hydrogens is 455 g/mol. The third kappa shape index (κ3) is 7.27. The van der Waals surface area contributed by atoms with Gasteiger partial charge in [0.05, 0.1) is 13.0 Å². The molecule has 4 aromatic carbocycles. The van der Waals surface area contributed by atoms with Crippen LogP contribution in [0.4, 0.5) is 10.1 Å². The number of hydrogen-bond acceptors (Lipinski definition) is 3. The SMILES string of the molecule is O=C(Cc1cccc(N(Cc2ccccc2)C(=O)COc2ccccc2)c1)NCc1ccc(F)cc1. The lowest BCUT2D eigenvalue weighted by atomic mass is 10.1. The number of anilines is 1. The molecule has 0 aliphatic heterocycles. The van der Waals surface area contributed by atoms with Crippen LogP contribution in [0.3, 0.4) is 0 Å². The van der Waals surface area contributed by atoms with Gasteiger partial charge in [0, 0.05) is 12.2 Å². The minimum Gasteiger partial charge on any atom is -0.484 e. The van der Waals surface area contributed by atoms with Crippen LogP contribution >= 0.6 is 0 Å². The highest BCUT2D eigenvalue weighted by atomic mass is 19.1. The lowest BCUT2D eigenvalue weighted by molar-refractivity contribution is -0.121. The number of ether oxygens (including phenoxy) is 1. The summed E-state index contributed by atoms with van der Waals surface area (Å²) in [6.07, 6.45) is 0.156. The number of halogens is 1. The number of amides is 2. The molecule has 0 saturated carbocycles. The Hall–Kier alpha value is -4.45. The molecule has 4 aromatic rings. The van der Waals surface area contributed by atoms with Crippen LogP contribution in [-0.2, 0) is 29.1 Å². The van der Waals surface area contributed by atoms with E-state index in [-0.39, 0.29) is 30.7 Å². The van der Waals surface area contributed by atoms with Crippen molar-refractivity contribution in [3.05, 3.63) is 132 Å². The fourth-order valence-electron chi connectivity index (χ4n) is 3.71. The van der Waals surface area contributed by atoms with E-state index in [9.17, 15) is 14.0 Å². The fourth-order valence-corrected chi connectivity index (χ4v) is 3.71. The highest BCUT2D eigenvalue weighted by Gasteiger charge is 2.18. The van der Waals surface area contributed by atoms with E-state index in [1.165, 1.54) is 12.1 Å². The summed E-state index contributed by atoms with van der Waals surface area (Å²) in [5.41, 5.74) is 3.26. The van der Waals surface area contributed by atoms with Crippen LogP contribution in [0.1, 0.15) is 16.7 Å². The first-order chi connectivity index (χ1) is 17.6. The molecule has 0 radical (unpaired) electrons. The van der Waals surface area contributed by atoms with Crippen LogP contribution in [0.25, 0.3) is 0 Å². The first-order valence-corrected chi connectivity index (χ1v) is 11.7. The molecule has 2 amide bonds. The van der Waals surface area contributed by atoms with Gasteiger partial charge in [0.2, 0.25) is 5.91 Å². The highest BCUT2D eigenvalue weighted by Crippen LogP contribution is 2.21. The summed E-state index contributed by atoms with van der Waals surface area (Å²) in [5.74, 6) is -0.0480. The zero-order valence-corrected chi connectivity index (χ0v) is 19.8. The number of carbonyl (C=O) groups is 2. The highest BCUT2D eigenvalue weighted by molar-refractivity contribution is 5.94. The maximum atomic E-state index is 13.2. The van der Waals surface area contributed by atoms with Gasteiger partial charge in [-0.15, -0.1) is 0 Å². The normalized spacial score (nSPS) is 10.5. The summed E-state index contributed by atoms with van der Waals surface area (Å²) in [5, 5.41) is 2.85. The minimum atomic E-state index is -0.314. The van der Waals surface area contributed by atoms with Gasteiger partial charge in [0.1, 0.15) is 11.6 Å². The van der Waals surface area contributed by atoms with E-state index in [0.29, 0.717) is 24.5 Å². The molecule has 0 saturated heterocycles. The van der Waals surface area contributed by atoms with E-state index in [4.69, 9.17) is 4.74 Å². The molecule has 4 rings (SSSR count). The number of hydrogen-bond donors (Lipinski definition) is 1. The second-order valence-corrected chi connectivity index (χ2v) is 8.32. The van der Waals surface area contributed by atoms with Crippen LogP contribution in [0, 0.1) is 5.82 Å². The summed E-state index contributed by atoms with van der Waals surface area (Å²) in [6, 6.07) is 32.3. The van der Waals surface area contributed by atoms with Gasteiger partial charge in [-0.25, -0.2) is 4.39 Å². The lowest BCUT2D eigenvalue weighted by Gasteiger charge is -2.24. The molecule has 0 aliphatic rings. The smallest absolute Gasteiger partial charge is 0.265 e.